The van der Waals surface area contributed by atoms with E-state index in [0.29, 0.717) is 21.5 Å². The third-order valence-corrected chi connectivity index (χ3v) is 9.35. The Bertz CT molecular complexity index is 1570. The van der Waals surface area contributed by atoms with Crippen LogP contribution in [0.15, 0.2) is 103 Å². The summed E-state index contributed by atoms with van der Waals surface area (Å²) < 4.78 is 6.55. The monoisotopic (exact) mass is 598 g/mol. The summed E-state index contributed by atoms with van der Waals surface area (Å²) >= 11 is 8.84. The third kappa shape index (κ3) is 5.63. The Labute approximate surface area is 251 Å². The van der Waals surface area contributed by atoms with Crippen molar-refractivity contribution in [2.75, 3.05) is 11.5 Å². The zero-order valence-corrected chi connectivity index (χ0v) is 24.3. The second-order valence-corrected chi connectivity index (χ2v) is 12.2. The van der Waals surface area contributed by atoms with Crippen molar-refractivity contribution in [1.29, 1.82) is 0 Å². The van der Waals surface area contributed by atoms with Crippen molar-refractivity contribution in [2.24, 2.45) is 0 Å². The average molecular weight is 599 g/mol. The van der Waals surface area contributed by atoms with E-state index >= 15 is 0 Å². The molecule has 0 aliphatic carbocycles. The number of carbonyl (C=O) groups is 2. The second-order valence-electron chi connectivity index (χ2n) is 9.62. The van der Waals surface area contributed by atoms with Crippen molar-refractivity contribution >= 4 is 62.8 Å². The van der Waals surface area contributed by atoms with E-state index in [4.69, 9.17) is 22.7 Å². The summed E-state index contributed by atoms with van der Waals surface area (Å²) in [5.41, 5.74) is 10.1. The molecule has 1 saturated heterocycles. The van der Waals surface area contributed by atoms with Gasteiger partial charge < -0.3 is 15.8 Å². The molecule has 0 bridgehead atoms. The van der Waals surface area contributed by atoms with Gasteiger partial charge in [-0.1, -0.05) is 102 Å². The number of aromatic nitrogens is 1. The van der Waals surface area contributed by atoms with Crippen LogP contribution >= 0.6 is 35.3 Å². The van der Waals surface area contributed by atoms with Gasteiger partial charge in [0.1, 0.15) is 33.2 Å². The van der Waals surface area contributed by atoms with Crippen molar-refractivity contribution in [3.63, 3.8) is 0 Å². The lowest BCUT2D eigenvalue weighted by Crippen LogP contribution is -2.70. The predicted octanol–water partition coefficient (Wildman–Crippen LogP) is 5.21. The Kier molecular flexibility index (Phi) is 7.86. The van der Waals surface area contributed by atoms with Gasteiger partial charge in [0.05, 0.1) is 12.6 Å². The van der Waals surface area contributed by atoms with Crippen LogP contribution in [0.25, 0.3) is 5.57 Å². The van der Waals surface area contributed by atoms with E-state index in [1.54, 1.807) is 22.9 Å². The molecule has 7 nitrogen and oxygen atoms in total. The average Bonchev–Trinajstić information content (AvgIpc) is 3.45. The number of nitrogens with one attached hydrogen (secondary N) is 1. The van der Waals surface area contributed by atoms with E-state index in [1.165, 1.54) is 11.3 Å². The summed E-state index contributed by atoms with van der Waals surface area (Å²) in [5.74, 6) is 0.0977. The van der Waals surface area contributed by atoms with E-state index in [1.807, 2.05) is 91.0 Å². The van der Waals surface area contributed by atoms with E-state index in [2.05, 4.69) is 10.3 Å². The largest absolute Gasteiger partial charge is 0.469 e. The number of β-lactam (4-membered cyclic amide) rings is 1. The first-order chi connectivity index (χ1) is 20.0. The minimum absolute atomic E-state index is 0.194. The second kappa shape index (κ2) is 11.9. The molecule has 10 heteroatoms. The fraction of sp³-hybridized carbons (Fsp3) is 0.161. The van der Waals surface area contributed by atoms with E-state index in [0.717, 1.165) is 22.3 Å². The predicted molar refractivity (Wildman–Crippen MR) is 167 cm³/mol. The van der Waals surface area contributed by atoms with Gasteiger partial charge in [-0.25, -0.2) is 4.98 Å². The smallest absolute Gasteiger partial charge is 0.253 e. The molecule has 0 radical (unpaired) electrons. The molecule has 2 atom stereocenters. The molecule has 1 aromatic heterocycles. The van der Waals surface area contributed by atoms with E-state index in [9.17, 15) is 9.59 Å². The Balaban J connectivity index is 1.30. The first-order valence-electron chi connectivity index (χ1n) is 13.0. The summed E-state index contributed by atoms with van der Waals surface area (Å²) in [5, 5.41) is 4.07. The summed E-state index contributed by atoms with van der Waals surface area (Å²) in [6.07, 6.45) is 1.32. The molecule has 0 unspecified atom stereocenters. The van der Waals surface area contributed by atoms with Gasteiger partial charge in [-0.15, -0.1) is 11.8 Å². The summed E-state index contributed by atoms with van der Waals surface area (Å²) in [6, 6.07) is 28.5. The van der Waals surface area contributed by atoms with Gasteiger partial charge in [-0.05, 0) is 28.9 Å². The quantitative estimate of drug-likeness (QED) is 0.212. The number of thiazole rings is 1. The number of rotatable bonds is 8. The van der Waals surface area contributed by atoms with Gasteiger partial charge in [0.2, 0.25) is 11.0 Å². The van der Waals surface area contributed by atoms with Crippen LogP contribution in [0.3, 0.4) is 0 Å². The number of nitrogens with two attached hydrogens (primary N) is 1. The van der Waals surface area contributed by atoms with Crippen LogP contribution in [0.5, 0.6) is 0 Å². The van der Waals surface area contributed by atoms with Crippen molar-refractivity contribution in [3.05, 3.63) is 125 Å². The number of nitrogens with zero attached hydrogens (tertiary/aromatic N) is 2. The lowest BCUT2D eigenvalue weighted by molar-refractivity contribution is -0.145. The van der Waals surface area contributed by atoms with Crippen LogP contribution in [0, 0.1) is 0 Å². The highest BCUT2D eigenvalue weighted by molar-refractivity contribution is 8.00. The van der Waals surface area contributed by atoms with Crippen molar-refractivity contribution < 1.29 is 14.3 Å². The van der Waals surface area contributed by atoms with Crippen molar-refractivity contribution in [3.8, 4) is 0 Å². The maximum atomic E-state index is 13.6. The molecule has 6 rings (SSSR count). The van der Waals surface area contributed by atoms with Gasteiger partial charge in [0.25, 0.3) is 5.91 Å². The molecule has 2 amide bonds. The maximum Gasteiger partial charge on any atom is 0.253 e. The highest BCUT2D eigenvalue weighted by Gasteiger charge is 2.54. The topological polar surface area (TPSA) is 97.6 Å². The van der Waals surface area contributed by atoms with Crippen LogP contribution < -0.4 is 11.1 Å². The van der Waals surface area contributed by atoms with Crippen LogP contribution in [0.1, 0.15) is 27.8 Å². The molecule has 2 aliphatic heterocycles. The van der Waals surface area contributed by atoms with Crippen LogP contribution in [-0.4, -0.2) is 43.9 Å². The number of ether oxygens (including phenoxy) is 1. The zero-order valence-electron chi connectivity index (χ0n) is 21.8. The standard InChI is InChI=1S/C31H26N4O3S3/c32-23-17-33-28(41-23)22-18-40-30-25(34-24(36)16-19-10-4-1-5-11-19)29(37)35(30)26(22)31(39)38-27(20-12-6-2-7-13-20)21-14-8-3-9-15-21/h1-15,17,25,27,30H,16,18,32H2,(H,34,36)/t25-,30-/m1/s1. The Morgan fingerprint density at radius 1 is 1.02 bits per heavy atom. The number of carbonyl (C=O) groups excluding carboxylic acids is 2. The van der Waals surface area contributed by atoms with Crippen molar-refractivity contribution in [1.82, 2.24) is 15.2 Å². The molecular weight excluding hydrogens is 573 g/mol. The normalized spacial score (nSPS) is 18.1. The Hall–Kier alpha value is -3.99. The van der Waals surface area contributed by atoms with E-state index < -0.39 is 12.1 Å². The summed E-state index contributed by atoms with van der Waals surface area (Å²) in [6.45, 7) is 0. The fourth-order valence-electron chi connectivity index (χ4n) is 4.95. The molecule has 3 N–H and O–H groups in total. The minimum atomic E-state index is -0.657. The lowest BCUT2D eigenvalue weighted by atomic mass is 10.0. The molecule has 3 heterocycles. The number of hydrogen-bond donors (Lipinski definition) is 2. The third-order valence-electron chi connectivity index (χ3n) is 6.90. The van der Waals surface area contributed by atoms with Gasteiger partial charge >= 0.3 is 0 Å². The SMILES string of the molecule is Nc1cnc(C2=C(C(=S)OC(c3ccccc3)c3ccccc3)N3C(=O)[C@@H](NC(=O)Cc4ccccc4)[C@H]3SC2)s1. The maximum absolute atomic E-state index is 13.6. The minimum Gasteiger partial charge on any atom is -0.469 e. The number of anilines is 1. The molecule has 0 saturated carbocycles. The number of amides is 2. The van der Waals surface area contributed by atoms with Gasteiger partial charge in [0.15, 0.2) is 0 Å². The molecule has 2 aliphatic rings. The lowest BCUT2D eigenvalue weighted by Gasteiger charge is -2.50. The highest BCUT2D eigenvalue weighted by atomic mass is 32.2. The molecule has 41 heavy (non-hydrogen) atoms. The van der Waals surface area contributed by atoms with Crippen LogP contribution in [0.4, 0.5) is 5.00 Å². The van der Waals surface area contributed by atoms with E-state index in [-0.39, 0.29) is 28.7 Å². The first kappa shape index (κ1) is 27.2. The van der Waals surface area contributed by atoms with Crippen molar-refractivity contribution in [2.45, 2.75) is 23.9 Å². The first-order valence-corrected chi connectivity index (χ1v) is 15.3. The number of thioether (sulfide) groups is 1. The zero-order chi connectivity index (χ0) is 28.3. The number of nitrogen functional groups attached to an aromatic ring is 1. The molecular formula is C31H26N4O3S3. The van der Waals surface area contributed by atoms with Gasteiger partial charge in [-0.3, -0.25) is 14.5 Å². The molecule has 0 spiro atoms. The highest BCUT2D eigenvalue weighted by Crippen LogP contribution is 2.45. The molecule has 206 valence electrons. The number of hydrogen-bond acceptors (Lipinski definition) is 8. The number of thiocarbonyl (C=S) groups is 1. The molecule has 4 aromatic rings. The molecule has 3 aromatic carbocycles. The van der Waals surface area contributed by atoms with Gasteiger partial charge in [-0.2, -0.15) is 0 Å². The Morgan fingerprint density at radius 2 is 1.63 bits per heavy atom. The van der Waals surface area contributed by atoms with Crippen LogP contribution in [0.2, 0.25) is 0 Å². The van der Waals surface area contributed by atoms with Crippen LogP contribution in [-0.2, 0) is 20.7 Å². The molecule has 1 fully saturated rings. The number of benzene rings is 3. The fourth-order valence-corrected chi connectivity index (χ4v) is 7.43. The number of fused-ring (bicyclic) bond motifs is 1. The Morgan fingerprint density at radius 3 is 2.22 bits per heavy atom. The summed E-state index contributed by atoms with van der Waals surface area (Å²) in [7, 11) is 0. The summed E-state index contributed by atoms with van der Waals surface area (Å²) in [4.78, 5) is 32.6. The van der Waals surface area contributed by atoms with Gasteiger partial charge in [0, 0.05) is 11.3 Å².